The van der Waals surface area contributed by atoms with E-state index in [1.165, 1.54) is 0 Å². The van der Waals surface area contributed by atoms with Crippen molar-refractivity contribution >= 4 is 34.9 Å². The molecule has 2 N–H and O–H groups in total. The Labute approximate surface area is 166 Å². The normalized spacial score (nSPS) is 20.0. The third-order valence-corrected chi connectivity index (χ3v) is 5.81. The van der Waals surface area contributed by atoms with Crippen LogP contribution in [0.3, 0.4) is 0 Å². The van der Waals surface area contributed by atoms with Gasteiger partial charge >= 0.3 is 0 Å². The van der Waals surface area contributed by atoms with Gasteiger partial charge in [0.1, 0.15) is 11.2 Å². The van der Waals surface area contributed by atoms with Crippen LogP contribution in [-0.2, 0) is 15.0 Å². The predicted molar refractivity (Wildman–Crippen MR) is 107 cm³/mol. The number of carbonyl (C=O) groups is 2. The third-order valence-electron chi connectivity index (χ3n) is 5.57. The summed E-state index contributed by atoms with van der Waals surface area (Å²) in [5.41, 5.74) is 3.95. The first-order chi connectivity index (χ1) is 13.4. The molecule has 3 heterocycles. The minimum Gasteiger partial charge on any atom is -0.325 e. The Hall–Kier alpha value is -3.12. The van der Waals surface area contributed by atoms with Crippen molar-refractivity contribution in [1.82, 2.24) is 9.78 Å². The lowest BCUT2D eigenvalue weighted by Crippen LogP contribution is -2.43. The van der Waals surface area contributed by atoms with Crippen molar-refractivity contribution in [3.8, 4) is 5.69 Å². The molecule has 2 aliphatic heterocycles. The quantitative estimate of drug-likeness (QED) is 0.662. The largest absolute Gasteiger partial charge is 0.325 e. The molecule has 6 nitrogen and oxygen atoms in total. The molecule has 0 aliphatic carbocycles. The van der Waals surface area contributed by atoms with Gasteiger partial charge in [0.25, 0.3) is 0 Å². The highest BCUT2D eigenvalue weighted by atomic mass is 35.5. The topological polar surface area (TPSA) is 76.0 Å². The number of aryl methyl sites for hydroxylation is 2. The Bertz CT molecular complexity index is 1180. The first kappa shape index (κ1) is 17.0. The molecule has 1 unspecified atom stereocenters. The van der Waals surface area contributed by atoms with Crippen molar-refractivity contribution < 1.29 is 9.59 Å². The molecule has 2 aromatic carbocycles. The Kier molecular flexibility index (Phi) is 3.46. The van der Waals surface area contributed by atoms with E-state index in [4.69, 9.17) is 11.6 Å². The van der Waals surface area contributed by atoms with Crippen molar-refractivity contribution in [2.24, 2.45) is 0 Å². The zero-order valence-electron chi connectivity index (χ0n) is 15.3. The van der Waals surface area contributed by atoms with E-state index in [9.17, 15) is 9.59 Å². The molecule has 5 rings (SSSR count). The van der Waals surface area contributed by atoms with E-state index < -0.39 is 5.41 Å². The van der Waals surface area contributed by atoms with Gasteiger partial charge in [-0.1, -0.05) is 29.3 Å². The van der Waals surface area contributed by atoms with E-state index in [0.29, 0.717) is 27.7 Å². The minimum absolute atomic E-state index is 0.0117. The molecule has 0 fully saturated rings. The molecule has 7 heteroatoms. The predicted octanol–water partition coefficient (Wildman–Crippen LogP) is 3.72. The number of nitrogens with one attached hydrogen (secondary N) is 2. The standard InChI is InChI=1S/C21H17ClN4O2/c1-11-3-6-17(12(2)7-11)26-19-15(10-23-26)21(9-18(27)25-19)14-8-13(22)4-5-16(14)24-20(21)28/h3-8,10H,9H2,1-2H3,(H,24,28)(H,25,27). The molecular formula is C21H17ClN4O2. The number of carbonyl (C=O) groups excluding carboxylic acids is 2. The molecule has 3 aromatic rings. The molecule has 1 aromatic heterocycles. The highest BCUT2D eigenvalue weighted by Gasteiger charge is 2.54. The lowest BCUT2D eigenvalue weighted by atomic mass is 9.72. The van der Waals surface area contributed by atoms with Crippen LogP contribution in [0.4, 0.5) is 11.5 Å². The van der Waals surface area contributed by atoms with Crippen LogP contribution < -0.4 is 10.6 Å². The minimum atomic E-state index is -1.13. The Balaban J connectivity index is 1.77. The summed E-state index contributed by atoms with van der Waals surface area (Å²) in [5.74, 6) is 0.0502. The molecular weight excluding hydrogens is 376 g/mol. The smallest absolute Gasteiger partial charge is 0.240 e. The molecule has 140 valence electrons. The van der Waals surface area contributed by atoms with E-state index in [-0.39, 0.29) is 18.2 Å². The average molecular weight is 393 g/mol. The molecule has 0 saturated heterocycles. The molecule has 28 heavy (non-hydrogen) atoms. The van der Waals surface area contributed by atoms with E-state index in [1.54, 1.807) is 29.1 Å². The van der Waals surface area contributed by atoms with Gasteiger partial charge < -0.3 is 10.6 Å². The van der Waals surface area contributed by atoms with Crippen LogP contribution in [-0.4, -0.2) is 21.6 Å². The molecule has 0 saturated carbocycles. The Morgan fingerprint density at radius 2 is 1.89 bits per heavy atom. The number of halogens is 1. The molecule has 0 radical (unpaired) electrons. The maximum Gasteiger partial charge on any atom is 0.240 e. The number of rotatable bonds is 1. The van der Waals surface area contributed by atoms with Crippen LogP contribution >= 0.6 is 11.6 Å². The summed E-state index contributed by atoms with van der Waals surface area (Å²) >= 11 is 6.21. The summed E-state index contributed by atoms with van der Waals surface area (Å²) in [6.45, 7) is 4.02. The van der Waals surface area contributed by atoms with E-state index >= 15 is 0 Å². The number of anilines is 2. The van der Waals surface area contributed by atoms with Crippen LogP contribution in [0.5, 0.6) is 0 Å². The van der Waals surface area contributed by atoms with Gasteiger partial charge in [-0.15, -0.1) is 0 Å². The molecule has 1 spiro atoms. The van der Waals surface area contributed by atoms with Gasteiger partial charge in [0, 0.05) is 22.7 Å². The summed E-state index contributed by atoms with van der Waals surface area (Å²) < 4.78 is 1.69. The summed E-state index contributed by atoms with van der Waals surface area (Å²) in [4.78, 5) is 25.8. The lowest BCUT2D eigenvalue weighted by molar-refractivity contribution is -0.125. The lowest BCUT2D eigenvalue weighted by Gasteiger charge is -2.31. The number of nitrogens with zero attached hydrogens (tertiary/aromatic N) is 2. The SMILES string of the molecule is Cc1ccc(-n2ncc3c2NC(=O)CC32C(=O)Nc3ccc(Cl)cc32)c(C)c1. The number of fused-ring (bicyclic) bond motifs is 4. The maximum atomic E-state index is 13.1. The van der Waals surface area contributed by atoms with E-state index in [1.807, 2.05) is 26.0 Å². The first-order valence-corrected chi connectivity index (χ1v) is 9.35. The zero-order chi connectivity index (χ0) is 19.6. The van der Waals surface area contributed by atoms with Gasteiger partial charge in [0.05, 0.1) is 11.9 Å². The fourth-order valence-electron chi connectivity index (χ4n) is 4.29. The van der Waals surface area contributed by atoms with Gasteiger partial charge in [-0.2, -0.15) is 5.10 Å². The van der Waals surface area contributed by atoms with Crippen LogP contribution in [0.15, 0.2) is 42.6 Å². The summed E-state index contributed by atoms with van der Waals surface area (Å²) in [6, 6.07) is 11.3. The summed E-state index contributed by atoms with van der Waals surface area (Å²) in [5, 5.41) is 10.9. The van der Waals surface area contributed by atoms with Crippen molar-refractivity contribution in [3.63, 3.8) is 0 Å². The monoisotopic (exact) mass is 392 g/mol. The molecule has 2 aliphatic rings. The molecule has 2 amide bonds. The fraction of sp³-hybridized carbons (Fsp3) is 0.190. The van der Waals surface area contributed by atoms with Crippen LogP contribution in [0.1, 0.15) is 28.7 Å². The second kappa shape index (κ2) is 5.69. The van der Waals surface area contributed by atoms with Crippen molar-refractivity contribution in [3.05, 3.63) is 69.9 Å². The van der Waals surface area contributed by atoms with Gasteiger partial charge in [0.2, 0.25) is 11.8 Å². The highest BCUT2D eigenvalue weighted by molar-refractivity contribution is 6.31. The number of amides is 2. The van der Waals surface area contributed by atoms with Crippen LogP contribution in [0.2, 0.25) is 5.02 Å². The van der Waals surface area contributed by atoms with Crippen molar-refractivity contribution in [2.45, 2.75) is 25.7 Å². The molecule has 1 atom stereocenters. The van der Waals surface area contributed by atoms with Gasteiger partial charge in [-0.05, 0) is 49.2 Å². The highest BCUT2D eigenvalue weighted by Crippen LogP contribution is 2.50. The van der Waals surface area contributed by atoms with E-state index in [0.717, 1.165) is 16.8 Å². The van der Waals surface area contributed by atoms with Crippen LogP contribution in [0.25, 0.3) is 5.69 Å². The maximum absolute atomic E-state index is 13.1. The molecule has 0 bridgehead atoms. The number of hydrogen-bond acceptors (Lipinski definition) is 3. The Morgan fingerprint density at radius 1 is 1.07 bits per heavy atom. The fourth-order valence-corrected chi connectivity index (χ4v) is 4.46. The van der Waals surface area contributed by atoms with Crippen molar-refractivity contribution in [1.29, 1.82) is 0 Å². The van der Waals surface area contributed by atoms with Crippen LogP contribution in [0, 0.1) is 13.8 Å². The number of hydrogen-bond donors (Lipinski definition) is 2. The van der Waals surface area contributed by atoms with Gasteiger partial charge in [-0.25, -0.2) is 4.68 Å². The third kappa shape index (κ3) is 2.18. The second-order valence-electron chi connectivity index (χ2n) is 7.38. The Morgan fingerprint density at radius 3 is 2.68 bits per heavy atom. The summed E-state index contributed by atoms with van der Waals surface area (Å²) in [6.07, 6.45) is 1.68. The van der Waals surface area contributed by atoms with Gasteiger partial charge in [-0.3, -0.25) is 9.59 Å². The zero-order valence-corrected chi connectivity index (χ0v) is 16.1. The second-order valence-corrected chi connectivity index (χ2v) is 7.82. The van der Waals surface area contributed by atoms with Gasteiger partial charge in [0.15, 0.2) is 0 Å². The van der Waals surface area contributed by atoms with E-state index in [2.05, 4.69) is 21.8 Å². The first-order valence-electron chi connectivity index (χ1n) is 8.97. The van der Waals surface area contributed by atoms with Crippen molar-refractivity contribution in [2.75, 3.05) is 10.6 Å². The summed E-state index contributed by atoms with van der Waals surface area (Å²) in [7, 11) is 0. The number of aromatic nitrogens is 2. The number of benzene rings is 2. The average Bonchev–Trinajstić information content (AvgIpc) is 3.16.